The van der Waals surface area contributed by atoms with Gasteiger partial charge in [-0.25, -0.2) is 0 Å². The van der Waals surface area contributed by atoms with Gasteiger partial charge in [-0.3, -0.25) is 0 Å². The summed E-state index contributed by atoms with van der Waals surface area (Å²) in [4.78, 5) is 0. The Morgan fingerprint density at radius 2 is 1.41 bits per heavy atom. The van der Waals surface area contributed by atoms with E-state index in [9.17, 15) is 10.2 Å². The van der Waals surface area contributed by atoms with Crippen molar-refractivity contribution in [3.8, 4) is 11.5 Å². The van der Waals surface area contributed by atoms with Crippen molar-refractivity contribution >= 4 is 0 Å². The van der Waals surface area contributed by atoms with E-state index in [0.717, 1.165) is 18.8 Å². The number of aromatic hydroxyl groups is 2. The first-order valence-electron chi connectivity index (χ1n) is 8.23. The zero-order chi connectivity index (χ0) is 15.6. The summed E-state index contributed by atoms with van der Waals surface area (Å²) in [6.07, 6.45) is 6.03. The maximum Gasteiger partial charge on any atom is 0.115 e. The van der Waals surface area contributed by atoms with Crippen LogP contribution in [-0.4, -0.2) is 10.2 Å². The van der Waals surface area contributed by atoms with Crippen LogP contribution < -0.4 is 0 Å². The van der Waals surface area contributed by atoms with Gasteiger partial charge in [0.15, 0.2) is 0 Å². The lowest BCUT2D eigenvalue weighted by Gasteiger charge is -2.31. The first-order valence-corrected chi connectivity index (χ1v) is 8.23. The Morgan fingerprint density at radius 3 is 1.86 bits per heavy atom. The lowest BCUT2D eigenvalue weighted by Crippen LogP contribution is -2.24. The van der Waals surface area contributed by atoms with Crippen LogP contribution in [0, 0.1) is 5.92 Å². The Kier molecular flexibility index (Phi) is 4.10. The molecule has 2 heteroatoms. The van der Waals surface area contributed by atoms with Crippen molar-refractivity contribution in [3.05, 3.63) is 59.7 Å². The molecule has 0 saturated heterocycles. The van der Waals surface area contributed by atoms with E-state index >= 15 is 0 Å². The molecule has 0 spiro atoms. The molecule has 1 unspecified atom stereocenters. The van der Waals surface area contributed by atoms with Gasteiger partial charge in [0.1, 0.15) is 11.5 Å². The Bertz CT molecular complexity index is 568. The van der Waals surface area contributed by atoms with Crippen molar-refractivity contribution < 1.29 is 10.2 Å². The molecule has 1 saturated carbocycles. The van der Waals surface area contributed by atoms with Crippen molar-refractivity contribution in [1.82, 2.24) is 0 Å². The summed E-state index contributed by atoms with van der Waals surface area (Å²) in [5.41, 5.74) is 2.56. The summed E-state index contributed by atoms with van der Waals surface area (Å²) in [6, 6.07) is 15.3. The Hall–Kier alpha value is -1.96. The Balaban J connectivity index is 2.03. The first-order chi connectivity index (χ1) is 10.6. The summed E-state index contributed by atoms with van der Waals surface area (Å²) >= 11 is 0. The van der Waals surface area contributed by atoms with E-state index in [4.69, 9.17) is 0 Å². The van der Waals surface area contributed by atoms with Gasteiger partial charge in [0.05, 0.1) is 0 Å². The number of rotatable bonds is 4. The molecule has 116 valence electrons. The average molecular weight is 296 g/mol. The second kappa shape index (κ2) is 6.04. The van der Waals surface area contributed by atoms with Crippen molar-refractivity contribution in [2.24, 2.45) is 5.92 Å². The number of hydrogen-bond donors (Lipinski definition) is 2. The molecule has 2 N–H and O–H groups in total. The van der Waals surface area contributed by atoms with Gasteiger partial charge < -0.3 is 10.2 Å². The molecule has 3 rings (SSSR count). The second-order valence-corrected chi connectivity index (χ2v) is 6.57. The van der Waals surface area contributed by atoms with Crippen LogP contribution in [-0.2, 0) is 5.41 Å². The third-order valence-electron chi connectivity index (χ3n) is 5.15. The smallest absolute Gasteiger partial charge is 0.115 e. The maximum atomic E-state index is 9.59. The molecule has 2 aromatic rings. The molecular formula is C20H24O2. The minimum Gasteiger partial charge on any atom is -0.508 e. The van der Waals surface area contributed by atoms with E-state index in [-0.39, 0.29) is 5.41 Å². The van der Waals surface area contributed by atoms with Crippen LogP contribution in [0.5, 0.6) is 11.5 Å². The molecule has 2 aromatic carbocycles. The molecule has 0 aliphatic heterocycles. The van der Waals surface area contributed by atoms with E-state index < -0.39 is 0 Å². The highest BCUT2D eigenvalue weighted by Crippen LogP contribution is 2.50. The van der Waals surface area contributed by atoms with E-state index in [1.165, 1.54) is 30.4 Å². The zero-order valence-electron chi connectivity index (χ0n) is 13.1. The molecule has 1 aliphatic rings. The first kappa shape index (κ1) is 15.0. The van der Waals surface area contributed by atoms with Gasteiger partial charge >= 0.3 is 0 Å². The molecule has 0 aromatic heterocycles. The molecule has 0 bridgehead atoms. The van der Waals surface area contributed by atoms with Gasteiger partial charge in [0.2, 0.25) is 0 Å². The van der Waals surface area contributed by atoms with Gasteiger partial charge in [-0.15, -0.1) is 0 Å². The summed E-state index contributed by atoms with van der Waals surface area (Å²) in [6.45, 7) is 2.25. The molecule has 22 heavy (non-hydrogen) atoms. The van der Waals surface area contributed by atoms with Crippen LogP contribution in [0.1, 0.15) is 50.2 Å². The quantitative estimate of drug-likeness (QED) is 0.835. The molecule has 0 heterocycles. The van der Waals surface area contributed by atoms with E-state index in [1.807, 2.05) is 0 Å². The largest absolute Gasteiger partial charge is 0.508 e. The normalized spacial score (nSPS) is 20.1. The van der Waals surface area contributed by atoms with Gasteiger partial charge in [0, 0.05) is 5.41 Å². The van der Waals surface area contributed by atoms with Crippen molar-refractivity contribution in [2.45, 2.75) is 44.4 Å². The van der Waals surface area contributed by atoms with Gasteiger partial charge in [-0.2, -0.15) is 0 Å². The SMILES string of the molecule is CCCC1CCC(c2ccc(O)cc2)(c2ccc(O)cc2)C1. The molecular weight excluding hydrogens is 272 g/mol. The van der Waals surface area contributed by atoms with Crippen LogP contribution in [0.25, 0.3) is 0 Å². The summed E-state index contributed by atoms with van der Waals surface area (Å²) in [7, 11) is 0. The third kappa shape index (κ3) is 2.70. The predicted molar refractivity (Wildman–Crippen MR) is 89.2 cm³/mol. The lowest BCUT2D eigenvalue weighted by atomic mass is 9.72. The number of benzene rings is 2. The topological polar surface area (TPSA) is 40.5 Å². The molecule has 0 amide bonds. The molecule has 1 aliphatic carbocycles. The Morgan fingerprint density at radius 1 is 0.909 bits per heavy atom. The summed E-state index contributed by atoms with van der Waals surface area (Å²) in [5, 5.41) is 19.2. The fraction of sp³-hybridized carbons (Fsp3) is 0.400. The molecule has 1 fully saturated rings. The van der Waals surface area contributed by atoms with Crippen LogP contribution in [0.15, 0.2) is 48.5 Å². The van der Waals surface area contributed by atoms with Gasteiger partial charge in [0.25, 0.3) is 0 Å². The fourth-order valence-corrected chi connectivity index (χ4v) is 4.05. The highest BCUT2D eigenvalue weighted by atomic mass is 16.3. The average Bonchev–Trinajstić information content (AvgIpc) is 2.94. The van der Waals surface area contributed by atoms with Crippen molar-refractivity contribution in [3.63, 3.8) is 0 Å². The summed E-state index contributed by atoms with van der Waals surface area (Å²) < 4.78 is 0. The molecule has 2 nitrogen and oxygen atoms in total. The highest BCUT2D eigenvalue weighted by Gasteiger charge is 2.41. The van der Waals surface area contributed by atoms with E-state index in [2.05, 4.69) is 31.2 Å². The van der Waals surface area contributed by atoms with Crippen molar-refractivity contribution in [2.75, 3.05) is 0 Å². The second-order valence-electron chi connectivity index (χ2n) is 6.57. The van der Waals surface area contributed by atoms with Gasteiger partial charge in [-0.05, 0) is 60.6 Å². The Labute approximate surface area is 132 Å². The minimum atomic E-state index is 0.0151. The maximum absolute atomic E-state index is 9.59. The summed E-state index contributed by atoms with van der Waals surface area (Å²) in [5.74, 6) is 1.38. The van der Waals surface area contributed by atoms with Crippen LogP contribution >= 0.6 is 0 Å². The molecule has 0 radical (unpaired) electrons. The number of phenols is 2. The highest BCUT2D eigenvalue weighted by molar-refractivity contribution is 5.44. The molecule has 1 atom stereocenters. The van der Waals surface area contributed by atoms with E-state index in [0.29, 0.717) is 11.5 Å². The number of phenolic OH excluding ortho intramolecular Hbond substituents is 2. The monoisotopic (exact) mass is 296 g/mol. The van der Waals surface area contributed by atoms with Crippen LogP contribution in [0.3, 0.4) is 0 Å². The third-order valence-corrected chi connectivity index (χ3v) is 5.15. The fourth-order valence-electron chi connectivity index (χ4n) is 4.05. The van der Waals surface area contributed by atoms with Gasteiger partial charge in [-0.1, -0.05) is 44.0 Å². The van der Waals surface area contributed by atoms with Crippen LogP contribution in [0.2, 0.25) is 0 Å². The van der Waals surface area contributed by atoms with E-state index in [1.54, 1.807) is 24.3 Å². The van der Waals surface area contributed by atoms with Crippen LogP contribution in [0.4, 0.5) is 0 Å². The zero-order valence-corrected chi connectivity index (χ0v) is 13.1. The standard InChI is InChI=1S/C20H24O2/c1-2-3-15-12-13-20(14-15,16-4-8-18(21)9-5-16)17-6-10-19(22)11-7-17/h4-11,15,21-22H,2-3,12-14H2,1H3. The van der Waals surface area contributed by atoms with Crippen molar-refractivity contribution in [1.29, 1.82) is 0 Å². The lowest BCUT2D eigenvalue weighted by molar-refractivity contribution is 0.449. The predicted octanol–water partition coefficient (Wildman–Crippen LogP) is 4.98. The minimum absolute atomic E-state index is 0.0151. The number of hydrogen-bond acceptors (Lipinski definition) is 2.